The number of fused-ring (bicyclic) bond motifs is 4. The van der Waals surface area contributed by atoms with Gasteiger partial charge in [-0.2, -0.15) is 0 Å². The van der Waals surface area contributed by atoms with Gasteiger partial charge in [-0.3, -0.25) is 9.98 Å². The molecule has 2 aromatic heterocycles. The third-order valence-corrected chi connectivity index (χ3v) is 13.1. The van der Waals surface area contributed by atoms with Crippen LogP contribution in [-0.2, 0) is 0 Å². The molecule has 0 spiro atoms. The number of hydrogen-bond donors (Lipinski definition) is 0. The zero-order valence-electron chi connectivity index (χ0n) is 31.5. The van der Waals surface area contributed by atoms with Gasteiger partial charge in [0.2, 0.25) is 0 Å². The van der Waals surface area contributed by atoms with Crippen molar-refractivity contribution < 1.29 is 0 Å². The maximum absolute atomic E-state index is 5.08. The van der Waals surface area contributed by atoms with Gasteiger partial charge in [0.1, 0.15) is 0 Å². The van der Waals surface area contributed by atoms with Gasteiger partial charge in [0.25, 0.3) is 0 Å². The summed E-state index contributed by atoms with van der Waals surface area (Å²) < 4.78 is 0. The number of aliphatic imine (C=N–C) groups is 1. The summed E-state index contributed by atoms with van der Waals surface area (Å²) in [4.78, 5) is 17.4. The van der Waals surface area contributed by atoms with Crippen LogP contribution in [-0.4, -0.2) is 26.3 Å². The van der Waals surface area contributed by atoms with E-state index in [0.717, 1.165) is 50.5 Å². The van der Waals surface area contributed by atoms with E-state index in [1.54, 1.807) is 0 Å². The molecule has 272 valence electrons. The molecule has 0 bridgehead atoms. The van der Waals surface area contributed by atoms with Gasteiger partial charge in [0.15, 0.2) is 0 Å². The molecule has 3 aliphatic carbocycles. The summed E-state index contributed by atoms with van der Waals surface area (Å²) in [6.45, 7) is 4.36. The maximum atomic E-state index is 5.08. The molecular formula is C51H42N4S. The van der Waals surface area contributed by atoms with E-state index >= 15 is 0 Å². The van der Waals surface area contributed by atoms with Gasteiger partial charge in [-0.15, -0.1) is 0 Å². The van der Waals surface area contributed by atoms with Crippen LogP contribution in [0.15, 0.2) is 192 Å². The molecular weight excluding hydrogens is 701 g/mol. The van der Waals surface area contributed by atoms with Crippen LogP contribution in [0.25, 0.3) is 38.6 Å². The van der Waals surface area contributed by atoms with Crippen molar-refractivity contribution >= 4 is 55.6 Å². The molecule has 1 saturated carbocycles. The molecule has 1 fully saturated rings. The number of pyridine rings is 2. The van der Waals surface area contributed by atoms with E-state index in [2.05, 4.69) is 189 Å². The number of rotatable bonds is 8. The fraction of sp³-hybridized carbons (Fsp3) is 0.157. The first kappa shape index (κ1) is 34.5. The second-order valence-electron chi connectivity index (χ2n) is 15.3. The van der Waals surface area contributed by atoms with Crippen LogP contribution in [0.4, 0.5) is 11.4 Å². The fourth-order valence-corrected chi connectivity index (χ4v) is 9.60. The van der Waals surface area contributed by atoms with Gasteiger partial charge in [0.05, 0.1) is 33.1 Å². The third kappa shape index (κ3) is 6.56. The summed E-state index contributed by atoms with van der Waals surface area (Å²) in [6, 6.07) is 43.5. The molecule has 4 nitrogen and oxygen atoms in total. The molecule has 4 aliphatic rings. The minimum Gasteiger partial charge on any atom is -0.311 e. The smallest absolute Gasteiger partial charge is 0.0948 e. The van der Waals surface area contributed by atoms with Crippen molar-refractivity contribution in [2.24, 2.45) is 16.8 Å². The number of benzene rings is 4. The monoisotopic (exact) mass is 742 g/mol. The lowest BCUT2D eigenvalue weighted by atomic mass is 9.61. The van der Waals surface area contributed by atoms with Crippen LogP contribution < -0.4 is 4.90 Å². The average Bonchev–Trinajstić information content (AvgIpc) is 3.69. The molecule has 0 saturated heterocycles. The molecule has 0 amide bonds. The first-order valence-electron chi connectivity index (χ1n) is 19.6. The predicted molar refractivity (Wildman–Crippen MR) is 237 cm³/mol. The number of thioether (sulfide) groups is 1. The zero-order valence-corrected chi connectivity index (χ0v) is 32.4. The normalized spacial score (nSPS) is 22.7. The Kier molecular flexibility index (Phi) is 8.95. The highest BCUT2D eigenvalue weighted by Gasteiger charge is 2.42. The standard InChI is InChI=1S/C51H42N4S/c1-33(15-16-34(2)51-54-49-13-7-8-14-50(49)56-51)35-17-23-40(24-18-35)55(41-25-19-38(20-26-41)47-29-21-36-9-3-5-11-45(36)52-47)42-27-28-43-39(31-42)32-44(43)48-30-22-37-10-4-6-12-46(37)53-48/h3-31,39,43-44,49-50H,32H2,1-2H3/b33-15+,34-16+/t39?,43-,44?,49?,50?/m1/s1. The van der Waals surface area contributed by atoms with Crippen LogP contribution in [0.3, 0.4) is 0 Å². The highest BCUT2D eigenvalue weighted by atomic mass is 32.2. The molecule has 5 heteroatoms. The Labute approximate surface area is 333 Å². The minimum absolute atomic E-state index is 0.253. The Bertz CT molecular complexity index is 2700. The molecule has 6 aromatic rings. The lowest BCUT2D eigenvalue weighted by Crippen LogP contribution is -2.35. The summed E-state index contributed by atoms with van der Waals surface area (Å²) >= 11 is 1.86. The molecule has 4 aromatic carbocycles. The number of para-hydroxylation sites is 2. The van der Waals surface area contributed by atoms with Crippen molar-refractivity contribution in [3.05, 3.63) is 199 Å². The average molecular weight is 743 g/mol. The Balaban J connectivity index is 0.932. The van der Waals surface area contributed by atoms with Gasteiger partial charge in [0, 0.05) is 45.0 Å². The Morgan fingerprint density at radius 1 is 0.679 bits per heavy atom. The van der Waals surface area contributed by atoms with Crippen molar-refractivity contribution in [3.63, 3.8) is 0 Å². The topological polar surface area (TPSA) is 41.4 Å². The van der Waals surface area contributed by atoms with Gasteiger partial charge < -0.3 is 4.90 Å². The zero-order chi connectivity index (χ0) is 37.6. The highest BCUT2D eigenvalue weighted by Crippen LogP contribution is 2.51. The summed E-state index contributed by atoms with van der Waals surface area (Å²) in [5.41, 5.74) is 12.4. The van der Waals surface area contributed by atoms with Crippen LogP contribution in [0.5, 0.6) is 0 Å². The van der Waals surface area contributed by atoms with Gasteiger partial charge in [-0.05, 0) is 103 Å². The van der Waals surface area contributed by atoms with E-state index in [1.165, 1.54) is 33.5 Å². The third-order valence-electron chi connectivity index (χ3n) is 11.7. The van der Waals surface area contributed by atoms with Crippen molar-refractivity contribution in [2.45, 2.75) is 37.5 Å². The van der Waals surface area contributed by atoms with Crippen LogP contribution >= 0.6 is 11.8 Å². The number of hydrogen-bond acceptors (Lipinski definition) is 5. The minimum atomic E-state index is 0.253. The molecule has 3 heterocycles. The number of aromatic nitrogens is 2. The SMILES string of the molecule is C/C(=C\C=C(/C)c1ccc(N(C2=CC3CC(c4ccc5ccccc5n4)[C@@H]3C=C2)c2ccc(-c3ccc4ccccc4n3)cc2)cc1)C1=NC2C=CC=CC2S1. The quantitative estimate of drug-likeness (QED) is 0.146. The number of allylic oxidation sites excluding steroid dienone is 8. The van der Waals surface area contributed by atoms with Crippen LogP contribution in [0.2, 0.25) is 0 Å². The Hall–Kier alpha value is -6.04. The van der Waals surface area contributed by atoms with Gasteiger partial charge >= 0.3 is 0 Å². The molecule has 5 atom stereocenters. The van der Waals surface area contributed by atoms with Crippen molar-refractivity contribution in [2.75, 3.05) is 4.90 Å². The number of anilines is 2. The van der Waals surface area contributed by atoms with Gasteiger partial charge in [-0.1, -0.05) is 133 Å². The van der Waals surface area contributed by atoms with E-state index < -0.39 is 0 Å². The second-order valence-corrected chi connectivity index (χ2v) is 16.4. The first-order chi connectivity index (χ1) is 27.5. The molecule has 4 unspecified atom stereocenters. The highest BCUT2D eigenvalue weighted by molar-refractivity contribution is 8.15. The summed E-state index contributed by atoms with van der Waals surface area (Å²) in [5.74, 6) is 1.35. The van der Waals surface area contributed by atoms with E-state index in [9.17, 15) is 0 Å². The summed E-state index contributed by atoms with van der Waals surface area (Å²) in [7, 11) is 0. The molecule has 10 rings (SSSR count). The van der Waals surface area contributed by atoms with Crippen molar-refractivity contribution in [1.29, 1.82) is 0 Å². The summed E-state index contributed by atoms with van der Waals surface area (Å²) in [5, 5.41) is 3.90. The van der Waals surface area contributed by atoms with Crippen molar-refractivity contribution in [3.8, 4) is 11.3 Å². The Morgan fingerprint density at radius 2 is 1.36 bits per heavy atom. The largest absolute Gasteiger partial charge is 0.311 e. The number of nitrogens with zero attached hydrogens (tertiary/aromatic N) is 4. The van der Waals surface area contributed by atoms with Crippen molar-refractivity contribution in [1.82, 2.24) is 9.97 Å². The second kappa shape index (κ2) is 14.6. The molecule has 56 heavy (non-hydrogen) atoms. The lowest BCUT2D eigenvalue weighted by Gasteiger charge is -2.44. The first-order valence-corrected chi connectivity index (χ1v) is 20.5. The van der Waals surface area contributed by atoms with E-state index in [-0.39, 0.29) is 6.04 Å². The molecule has 1 aliphatic heterocycles. The maximum Gasteiger partial charge on any atom is 0.0948 e. The van der Waals surface area contributed by atoms with E-state index in [0.29, 0.717) is 23.0 Å². The van der Waals surface area contributed by atoms with E-state index in [1.807, 2.05) is 17.8 Å². The van der Waals surface area contributed by atoms with Crippen LogP contribution in [0, 0.1) is 11.8 Å². The lowest BCUT2D eigenvalue weighted by molar-refractivity contribution is 0.221. The molecule has 0 N–H and O–H groups in total. The molecule has 0 radical (unpaired) electrons. The van der Waals surface area contributed by atoms with Crippen LogP contribution in [0.1, 0.15) is 37.4 Å². The predicted octanol–water partition coefficient (Wildman–Crippen LogP) is 12.8. The Morgan fingerprint density at radius 3 is 2.11 bits per heavy atom. The van der Waals surface area contributed by atoms with E-state index in [4.69, 9.17) is 15.0 Å². The summed E-state index contributed by atoms with van der Waals surface area (Å²) in [6.07, 6.45) is 21.5. The van der Waals surface area contributed by atoms with Gasteiger partial charge in [-0.25, -0.2) is 4.98 Å². The fourth-order valence-electron chi connectivity index (χ4n) is 8.44.